The molecule has 0 radical (unpaired) electrons. The molecular formula is C50H31N3. The Bertz CT molecular complexity index is 2950. The van der Waals surface area contributed by atoms with Crippen molar-refractivity contribution in [3.05, 3.63) is 194 Å². The van der Waals surface area contributed by atoms with Crippen molar-refractivity contribution in [1.29, 1.82) is 5.26 Å². The van der Waals surface area contributed by atoms with Gasteiger partial charge in [-0.2, -0.15) is 5.26 Å². The van der Waals surface area contributed by atoms with Gasteiger partial charge in [-0.3, -0.25) is 4.98 Å². The van der Waals surface area contributed by atoms with Crippen LogP contribution in [0.3, 0.4) is 0 Å². The highest BCUT2D eigenvalue weighted by Gasteiger charge is 2.19. The molecule has 8 aromatic carbocycles. The third kappa shape index (κ3) is 5.08. The van der Waals surface area contributed by atoms with E-state index in [0.29, 0.717) is 5.56 Å². The van der Waals surface area contributed by atoms with E-state index < -0.39 is 0 Å². The Morgan fingerprint density at radius 1 is 0.396 bits per heavy atom. The molecule has 0 fully saturated rings. The summed E-state index contributed by atoms with van der Waals surface area (Å²) in [6, 6.07) is 64.9. The van der Waals surface area contributed by atoms with Crippen molar-refractivity contribution in [3.8, 4) is 56.3 Å². The minimum Gasteiger partial charge on any atom is -0.309 e. The van der Waals surface area contributed by atoms with Crippen LogP contribution >= 0.6 is 0 Å². The van der Waals surface area contributed by atoms with Crippen LogP contribution in [0.15, 0.2) is 188 Å². The first-order valence-corrected chi connectivity index (χ1v) is 17.8. The number of rotatable bonds is 5. The molecule has 3 nitrogen and oxygen atoms in total. The smallest absolute Gasteiger partial charge is 0.0992 e. The van der Waals surface area contributed by atoms with E-state index in [1.165, 1.54) is 38.2 Å². The van der Waals surface area contributed by atoms with Crippen LogP contribution in [0.1, 0.15) is 5.56 Å². The van der Waals surface area contributed by atoms with Crippen molar-refractivity contribution < 1.29 is 0 Å². The van der Waals surface area contributed by atoms with Gasteiger partial charge in [0.05, 0.1) is 22.7 Å². The van der Waals surface area contributed by atoms with Crippen LogP contribution in [0.5, 0.6) is 0 Å². The van der Waals surface area contributed by atoms with Gasteiger partial charge in [-0.15, -0.1) is 0 Å². The van der Waals surface area contributed by atoms with Crippen molar-refractivity contribution in [2.75, 3.05) is 0 Å². The first kappa shape index (κ1) is 30.5. The number of para-hydroxylation sites is 1. The number of nitrogens with zero attached hydrogens (tertiary/aromatic N) is 3. The van der Waals surface area contributed by atoms with Crippen LogP contribution in [0, 0.1) is 11.3 Å². The minimum atomic E-state index is 0.604. The third-order valence-corrected chi connectivity index (χ3v) is 10.4. The zero-order valence-corrected chi connectivity index (χ0v) is 28.7. The van der Waals surface area contributed by atoms with Crippen molar-refractivity contribution in [1.82, 2.24) is 9.55 Å². The molecule has 10 aromatic rings. The minimum absolute atomic E-state index is 0.604. The number of benzene rings is 8. The standard InChI is InChI=1S/C50H31N3/c51-31-33-25-36(30-40(26-33)53-47-22-12-11-17-41(47)46-32-52-24-23-48(46)53)38-27-37(34-13-3-1-4-14-34)28-39(29-38)50-44-20-9-7-18-42(44)49(35-15-5-2-6-16-35)43-19-8-10-21-45(43)50/h1-30,32H. The summed E-state index contributed by atoms with van der Waals surface area (Å²) in [5.74, 6) is 0. The van der Waals surface area contributed by atoms with Crippen LogP contribution in [0.25, 0.3) is 93.5 Å². The molecule has 10 rings (SSSR count). The number of hydrogen-bond acceptors (Lipinski definition) is 2. The Hall–Kier alpha value is -7.28. The van der Waals surface area contributed by atoms with E-state index in [0.717, 1.165) is 55.3 Å². The molecular weight excluding hydrogens is 643 g/mol. The Kier molecular flexibility index (Phi) is 7.20. The quantitative estimate of drug-likeness (QED) is 0.171. The molecule has 53 heavy (non-hydrogen) atoms. The Morgan fingerprint density at radius 3 is 1.53 bits per heavy atom. The molecule has 0 spiro atoms. The molecule has 0 unspecified atom stereocenters. The zero-order chi connectivity index (χ0) is 35.3. The molecule has 0 saturated carbocycles. The lowest BCUT2D eigenvalue weighted by Gasteiger charge is -2.19. The average molecular weight is 674 g/mol. The first-order valence-electron chi connectivity index (χ1n) is 17.8. The highest BCUT2D eigenvalue weighted by molar-refractivity contribution is 6.21. The second-order valence-electron chi connectivity index (χ2n) is 13.5. The van der Waals surface area contributed by atoms with Gasteiger partial charge in [0.2, 0.25) is 0 Å². The van der Waals surface area contributed by atoms with Crippen LogP contribution in [0.4, 0.5) is 0 Å². The normalized spacial score (nSPS) is 11.4. The topological polar surface area (TPSA) is 41.6 Å². The second kappa shape index (κ2) is 12.5. The van der Waals surface area contributed by atoms with E-state index in [1.807, 2.05) is 24.5 Å². The van der Waals surface area contributed by atoms with Gasteiger partial charge in [0.1, 0.15) is 0 Å². The molecule has 3 heteroatoms. The third-order valence-electron chi connectivity index (χ3n) is 10.4. The number of hydrogen-bond donors (Lipinski definition) is 0. The summed E-state index contributed by atoms with van der Waals surface area (Å²) in [5.41, 5.74) is 12.7. The molecule has 2 aromatic heterocycles. The largest absolute Gasteiger partial charge is 0.309 e. The Labute approximate surface area is 307 Å². The van der Waals surface area contributed by atoms with E-state index in [-0.39, 0.29) is 0 Å². The molecule has 0 bridgehead atoms. The predicted molar refractivity (Wildman–Crippen MR) is 220 cm³/mol. The van der Waals surface area contributed by atoms with Gasteiger partial charge in [0, 0.05) is 28.9 Å². The molecule has 0 aliphatic heterocycles. The average Bonchev–Trinajstić information content (AvgIpc) is 3.57. The van der Waals surface area contributed by atoms with Crippen molar-refractivity contribution >= 4 is 43.4 Å². The van der Waals surface area contributed by atoms with Gasteiger partial charge >= 0.3 is 0 Å². The lowest BCUT2D eigenvalue weighted by Crippen LogP contribution is -1.96. The van der Waals surface area contributed by atoms with Gasteiger partial charge in [-0.05, 0) is 115 Å². The summed E-state index contributed by atoms with van der Waals surface area (Å²) in [6.07, 6.45) is 3.76. The van der Waals surface area contributed by atoms with E-state index in [4.69, 9.17) is 0 Å². The van der Waals surface area contributed by atoms with E-state index >= 15 is 0 Å². The monoisotopic (exact) mass is 673 g/mol. The molecule has 0 atom stereocenters. The van der Waals surface area contributed by atoms with Gasteiger partial charge in [0.25, 0.3) is 0 Å². The molecule has 2 heterocycles. The fraction of sp³-hybridized carbons (Fsp3) is 0. The lowest BCUT2D eigenvalue weighted by atomic mass is 9.84. The molecule has 0 aliphatic rings. The van der Waals surface area contributed by atoms with Crippen molar-refractivity contribution in [3.63, 3.8) is 0 Å². The van der Waals surface area contributed by atoms with Crippen LogP contribution < -0.4 is 0 Å². The van der Waals surface area contributed by atoms with Crippen LogP contribution in [-0.2, 0) is 0 Å². The Morgan fingerprint density at radius 2 is 0.887 bits per heavy atom. The summed E-state index contributed by atoms with van der Waals surface area (Å²) >= 11 is 0. The van der Waals surface area contributed by atoms with Gasteiger partial charge in [-0.1, -0.05) is 127 Å². The van der Waals surface area contributed by atoms with Crippen molar-refractivity contribution in [2.45, 2.75) is 0 Å². The van der Waals surface area contributed by atoms with Crippen LogP contribution in [-0.4, -0.2) is 9.55 Å². The highest BCUT2D eigenvalue weighted by atomic mass is 15.0. The fourth-order valence-corrected chi connectivity index (χ4v) is 8.16. The lowest BCUT2D eigenvalue weighted by molar-refractivity contribution is 1.17. The van der Waals surface area contributed by atoms with E-state index in [2.05, 4.69) is 179 Å². The van der Waals surface area contributed by atoms with Gasteiger partial charge < -0.3 is 4.57 Å². The first-order chi connectivity index (χ1) is 26.2. The second-order valence-corrected chi connectivity index (χ2v) is 13.5. The molecule has 0 amide bonds. The van der Waals surface area contributed by atoms with E-state index in [1.54, 1.807) is 0 Å². The van der Waals surface area contributed by atoms with Gasteiger partial charge in [-0.25, -0.2) is 0 Å². The zero-order valence-electron chi connectivity index (χ0n) is 28.7. The van der Waals surface area contributed by atoms with Gasteiger partial charge in [0.15, 0.2) is 0 Å². The molecule has 246 valence electrons. The number of fused-ring (bicyclic) bond motifs is 5. The molecule has 0 aliphatic carbocycles. The summed E-state index contributed by atoms with van der Waals surface area (Å²) in [6.45, 7) is 0. The number of pyridine rings is 1. The molecule has 0 saturated heterocycles. The SMILES string of the molecule is N#Cc1cc(-c2cc(-c3ccccc3)cc(-c3c4ccccc4c(-c4ccccc4)c4ccccc34)c2)cc(-n2c3ccccc3c3cnccc32)c1. The maximum Gasteiger partial charge on any atom is 0.0992 e. The summed E-state index contributed by atoms with van der Waals surface area (Å²) in [4.78, 5) is 4.45. The maximum absolute atomic E-state index is 10.4. The maximum atomic E-state index is 10.4. The van der Waals surface area contributed by atoms with E-state index in [9.17, 15) is 5.26 Å². The molecule has 0 N–H and O–H groups in total. The highest BCUT2D eigenvalue weighted by Crippen LogP contribution is 2.45. The summed E-state index contributed by atoms with van der Waals surface area (Å²) < 4.78 is 2.25. The van der Waals surface area contributed by atoms with Crippen molar-refractivity contribution in [2.24, 2.45) is 0 Å². The number of nitriles is 1. The Balaban J connectivity index is 1.27. The van der Waals surface area contributed by atoms with Crippen LogP contribution in [0.2, 0.25) is 0 Å². The summed E-state index contributed by atoms with van der Waals surface area (Å²) in [5, 5.41) is 17.5. The fourth-order valence-electron chi connectivity index (χ4n) is 8.16. The number of aromatic nitrogens is 2. The summed E-state index contributed by atoms with van der Waals surface area (Å²) in [7, 11) is 0. The predicted octanol–water partition coefficient (Wildman–Crippen LogP) is 13.0.